The monoisotopic (exact) mass is 1500 g/mol. The van der Waals surface area contributed by atoms with Gasteiger partial charge in [-0.1, -0.05) is 267 Å². The number of unbranched alkanes of at least 4 members (excludes halogenated alkanes) is 1. The summed E-state index contributed by atoms with van der Waals surface area (Å²) in [5.74, 6) is 19.7. The van der Waals surface area contributed by atoms with E-state index in [1.807, 2.05) is 20.8 Å². The quantitative estimate of drug-likeness (QED) is 0.0558. The molecule has 0 aromatic carbocycles. The Hall–Kier alpha value is -2.02. The van der Waals surface area contributed by atoms with Crippen LogP contribution in [-0.2, 0) is 33.5 Å². The molecule has 0 unspecified atom stereocenters. The molecule has 0 spiro atoms. The van der Waals surface area contributed by atoms with Gasteiger partial charge in [0.2, 0.25) is 0 Å². The lowest BCUT2D eigenvalue weighted by molar-refractivity contribution is -0.123. The maximum Gasteiger partial charge on any atom is 0.135 e. The van der Waals surface area contributed by atoms with Gasteiger partial charge in [-0.25, -0.2) is 0 Å². The van der Waals surface area contributed by atoms with Crippen LogP contribution in [0.2, 0.25) is 0 Å². The van der Waals surface area contributed by atoms with Crippen molar-refractivity contribution in [2.24, 2.45) is 118 Å². The molecular formula is C100H188O7. The van der Waals surface area contributed by atoms with E-state index in [0.717, 1.165) is 242 Å². The third-order valence-corrected chi connectivity index (χ3v) is 28.2. The molecule has 0 aromatic heterocycles. The number of Topliss-reactive ketones (excluding diaryl/α,β-unsaturated/α-hetero) is 6. The van der Waals surface area contributed by atoms with E-state index >= 15 is 0 Å². The molecule has 0 radical (unpaired) electrons. The predicted molar refractivity (Wildman–Crippen MR) is 464 cm³/mol. The summed E-state index contributed by atoms with van der Waals surface area (Å²) >= 11 is 0. The third-order valence-electron chi connectivity index (χ3n) is 28.2. The van der Waals surface area contributed by atoms with Gasteiger partial charge < -0.3 is 4.74 Å². The lowest BCUT2D eigenvalue weighted by atomic mass is 9.75. The first-order valence-corrected chi connectivity index (χ1v) is 47.8. The molecule has 0 aliphatic heterocycles. The van der Waals surface area contributed by atoms with Crippen molar-refractivity contribution in [1.82, 2.24) is 0 Å². The SMILES string of the molecule is CCC(=O)CCCC1CCC(C(C)C)CC1.CCC(=O)CCCCC1CCC(C(C)C)CC1.CCC(=O)CCCOCCC1CCC(C(C)C)CC1.CCCC(=O)CCCC1CCC(C(C)C)CC1.CCC[C@@H](C)C(=O)CCCC1CCC(C(C)C)CC1.CCC[C@H](C)C(=O)CCCC1CCC(C(C)C)CC1. The molecule has 6 aliphatic rings. The minimum absolute atomic E-state index is 0.293. The minimum atomic E-state index is 0.293. The molecule has 6 saturated carbocycles. The van der Waals surface area contributed by atoms with Crippen molar-refractivity contribution >= 4 is 34.7 Å². The number of carbonyl (C=O) groups is 6. The second-order valence-electron chi connectivity index (χ2n) is 38.7. The molecule has 6 rings (SSSR count). The Morgan fingerprint density at radius 2 is 0.477 bits per heavy atom. The number of hydrogen-bond donors (Lipinski definition) is 0. The molecule has 107 heavy (non-hydrogen) atoms. The zero-order chi connectivity index (χ0) is 79.9. The van der Waals surface area contributed by atoms with Gasteiger partial charge in [0.05, 0.1) is 0 Å². The number of ether oxygens (including phenoxy) is 1. The highest BCUT2D eigenvalue weighted by molar-refractivity contribution is 5.81. The molecule has 7 nitrogen and oxygen atoms in total. The number of carbonyl (C=O) groups excluding carboxylic acids is 6. The highest BCUT2D eigenvalue weighted by Gasteiger charge is 2.29. The van der Waals surface area contributed by atoms with Gasteiger partial charge in [-0.3, -0.25) is 28.8 Å². The lowest BCUT2D eigenvalue weighted by Crippen LogP contribution is -2.19. The van der Waals surface area contributed by atoms with Gasteiger partial charge in [0, 0.05) is 89.3 Å². The zero-order valence-electron chi connectivity index (χ0n) is 75.6. The second kappa shape index (κ2) is 64.3. The Balaban J connectivity index is 0.000000643. The van der Waals surface area contributed by atoms with Crippen LogP contribution in [-0.4, -0.2) is 47.9 Å². The van der Waals surface area contributed by atoms with Crippen LogP contribution in [0.3, 0.4) is 0 Å². The molecule has 630 valence electrons. The first-order chi connectivity index (χ1) is 51.1. The van der Waals surface area contributed by atoms with Crippen LogP contribution in [0.1, 0.15) is 472 Å². The predicted octanol–water partition coefficient (Wildman–Crippen LogP) is 30.4. The summed E-state index contributed by atoms with van der Waals surface area (Å²) in [5, 5.41) is 0. The Morgan fingerprint density at radius 1 is 0.243 bits per heavy atom. The number of ketones is 6. The van der Waals surface area contributed by atoms with E-state index < -0.39 is 0 Å². The molecule has 6 fully saturated rings. The van der Waals surface area contributed by atoms with Crippen molar-refractivity contribution < 1.29 is 33.5 Å². The molecule has 0 heterocycles. The second-order valence-corrected chi connectivity index (χ2v) is 38.7. The molecule has 0 saturated heterocycles. The van der Waals surface area contributed by atoms with E-state index in [4.69, 9.17) is 4.74 Å². The van der Waals surface area contributed by atoms with E-state index in [1.54, 1.807) is 0 Å². The number of rotatable bonds is 45. The zero-order valence-corrected chi connectivity index (χ0v) is 75.6. The van der Waals surface area contributed by atoms with Gasteiger partial charge in [0.25, 0.3) is 0 Å². The molecule has 7 heteroatoms. The minimum Gasteiger partial charge on any atom is -0.381 e. The maximum atomic E-state index is 11.9. The normalized spacial score (nSPS) is 25.2. The standard InChI is InChI=1S/2C18H34O.C17H32O2.2C16H30O.C15H28O/c2*1-5-7-15(4)18(19)9-6-8-16-10-12-17(13-11-16)14(2)3;1-4-17(18)6-5-12-19-13-11-15-7-9-16(10-8-15)14(2)3;1-4-16(17)8-6-5-7-14-9-11-15(12-10-14)13(2)3;1-4-6-16(17)8-5-7-14-9-11-15(12-10-14)13(2)3;1-4-15(16)7-5-6-13-8-10-14(11-9-13)12(2)3/h2*14-17H,5-13H2,1-4H3;14-16H,4-13H2,1-3H3;2*13-15H,4-12H2,1-3H3;12-14H,4-11H2,1-3H3/t2*15-,16?,17?;;;;/m10..../s1. The van der Waals surface area contributed by atoms with Crippen LogP contribution in [0, 0.1) is 118 Å². The molecule has 0 amide bonds. The number of hydrogen-bond acceptors (Lipinski definition) is 7. The summed E-state index contributed by atoms with van der Waals surface area (Å²) in [6, 6.07) is 0. The molecule has 0 aromatic rings. The van der Waals surface area contributed by atoms with Gasteiger partial charge in [-0.15, -0.1) is 0 Å². The van der Waals surface area contributed by atoms with E-state index in [2.05, 4.69) is 118 Å². The van der Waals surface area contributed by atoms with Crippen molar-refractivity contribution in [2.75, 3.05) is 13.2 Å². The average Bonchev–Trinajstić information content (AvgIpc) is 0.944. The van der Waals surface area contributed by atoms with Crippen molar-refractivity contribution in [2.45, 2.75) is 472 Å². The van der Waals surface area contributed by atoms with Gasteiger partial charge in [-0.2, -0.15) is 0 Å². The fourth-order valence-electron chi connectivity index (χ4n) is 19.3. The molecule has 0 bridgehead atoms. The summed E-state index contributed by atoms with van der Waals surface area (Å²) in [6.45, 7) is 46.4. The smallest absolute Gasteiger partial charge is 0.135 e. The molecular weight excluding hydrogens is 1310 g/mol. The fraction of sp³-hybridized carbons (Fsp3) is 0.940. The van der Waals surface area contributed by atoms with Crippen molar-refractivity contribution in [3.63, 3.8) is 0 Å². The van der Waals surface area contributed by atoms with Crippen LogP contribution in [0.5, 0.6) is 0 Å². The van der Waals surface area contributed by atoms with E-state index in [9.17, 15) is 28.8 Å². The van der Waals surface area contributed by atoms with Crippen LogP contribution >= 0.6 is 0 Å². The van der Waals surface area contributed by atoms with Gasteiger partial charge in [0.1, 0.15) is 34.7 Å². The Kier molecular flexibility index (Phi) is 61.9. The van der Waals surface area contributed by atoms with Gasteiger partial charge >= 0.3 is 0 Å². The Bertz CT molecular complexity index is 2090. The third kappa shape index (κ3) is 51.4. The van der Waals surface area contributed by atoms with Gasteiger partial charge in [0.15, 0.2) is 0 Å². The summed E-state index contributed by atoms with van der Waals surface area (Å²) in [7, 11) is 0. The van der Waals surface area contributed by atoms with Crippen LogP contribution in [0.25, 0.3) is 0 Å². The summed E-state index contributed by atoms with van der Waals surface area (Å²) in [4.78, 5) is 68.8. The first kappa shape index (κ1) is 103. The van der Waals surface area contributed by atoms with Crippen LogP contribution < -0.4 is 0 Å². The topological polar surface area (TPSA) is 112 Å². The van der Waals surface area contributed by atoms with Crippen molar-refractivity contribution in [3.8, 4) is 0 Å². The lowest BCUT2D eigenvalue weighted by Gasteiger charge is -2.30. The highest BCUT2D eigenvalue weighted by atomic mass is 16.5. The van der Waals surface area contributed by atoms with E-state index in [-0.39, 0.29) is 0 Å². The molecule has 6 aliphatic carbocycles. The summed E-state index contributed by atoms with van der Waals surface area (Å²) in [6.07, 6.45) is 62.6. The molecule has 0 N–H and O–H groups in total. The van der Waals surface area contributed by atoms with E-state index in [1.165, 1.54) is 199 Å². The first-order valence-electron chi connectivity index (χ1n) is 47.8. The molecule has 2 atom stereocenters. The van der Waals surface area contributed by atoms with Crippen LogP contribution in [0.15, 0.2) is 0 Å². The van der Waals surface area contributed by atoms with Crippen molar-refractivity contribution in [3.05, 3.63) is 0 Å². The van der Waals surface area contributed by atoms with Crippen molar-refractivity contribution in [1.29, 1.82) is 0 Å². The van der Waals surface area contributed by atoms with E-state index in [0.29, 0.717) is 59.4 Å². The van der Waals surface area contributed by atoms with Crippen LogP contribution in [0.4, 0.5) is 0 Å². The average molecular weight is 1500 g/mol. The summed E-state index contributed by atoms with van der Waals surface area (Å²) in [5.41, 5.74) is 0. The maximum absolute atomic E-state index is 11.9. The largest absolute Gasteiger partial charge is 0.381 e. The summed E-state index contributed by atoms with van der Waals surface area (Å²) < 4.78 is 5.65. The van der Waals surface area contributed by atoms with Gasteiger partial charge in [-0.05, 0) is 248 Å². The fourth-order valence-corrected chi connectivity index (χ4v) is 19.3. The Labute approximate surface area is 668 Å². The Morgan fingerprint density at radius 3 is 0.729 bits per heavy atom. The highest BCUT2D eigenvalue weighted by Crippen LogP contribution is 2.41.